The Balaban J connectivity index is 2.12. The molecule has 2 bridgehead atoms. The molecule has 4 nitrogen and oxygen atoms in total. The van der Waals surface area contributed by atoms with E-state index in [9.17, 15) is 18.7 Å². The number of amides is 1. The molecule has 3 atom stereocenters. The van der Waals surface area contributed by atoms with E-state index in [0.29, 0.717) is 24.0 Å². The van der Waals surface area contributed by atoms with E-state index in [0.717, 1.165) is 0 Å². The van der Waals surface area contributed by atoms with Gasteiger partial charge in [0.1, 0.15) is 5.75 Å². The van der Waals surface area contributed by atoms with Gasteiger partial charge < -0.3 is 14.7 Å². The largest absolute Gasteiger partial charge is 0.435 e. The van der Waals surface area contributed by atoms with Crippen LogP contribution < -0.4 is 4.74 Å². The number of benzene rings is 1. The van der Waals surface area contributed by atoms with Crippen LogP contribution in [0.25, 0.3) is 0 Å². The molecule has 1 aromatic carbocycles. The Labute approximate surface area is 114 Å². The lowest BCUT2D eigenvalue weighted by atomic mass is 9.92. The summed E-state index contributed by atoms with van der Waals surface area (Å²) in [5, 5.41) is 10.0. The zero-order valence-electron chi connectivity index (χ0n) is 10.9. The molecule has 2 aliphatic rings. The summed E-state index contributed by atoms with van der Waals surface area (Å²) >= 11 is 0. The fourth-order valence-corrected chi connectivity index (χ4v) is 3.34. The van der Waals surface area contributed by atoms with E-state index in [1.807, 2.05) is 0 Å². The van der Waals surface area contributed by atoms with E-state index >= 15 is 0 Å². The van der Waals surface area contributed by atoms with Gasteiger partial charge in [0.05, 0.1) is 12.1 Å². The number of alkyl halides is 2. The molecule has 1 amide bonds. The number of hydrogen-bond acceptors (Lipinski definition) is 3. The van der Waals surface area contributed by atoms with Crippen molar-refractivity contribution in [1.29, 1.82) is 0 Å². The first-order chi connectivity index (χ1) is 9.49. The van der Waals surface area contributed by atoms with Gasteiger partial charge in [-0.1, -0.05) is 6.07 Å². The number of ether oxygens (including phenoxy) is 1. The highest BCUT2D eigenvalue weighted by molar-refractivity contribution is 5.97. The van der Waals surface area contributed by atoms with Crippen LogP contribution in [-0.2, 0) is 0 Å². The number of nitrogens with zero attached hydrogens (tertiary/aromatic N) is 1. The topological polar surface area (TPSA) is 49.8 Å². The average molecular weight is 283 g/mol. The average Bonchev–Trinajstić information content (AvgIpc) is 2.73. The fraction of sp³-hybridized carbons (Fsp3) is 0.500. The summed E-state index contributed by atoms with van der Waals surface area (Å²) < 4.78 is 29.6. The van der Waals surface area contributed by atoms with E-state index in [1.165, 1.54) is 17.0 Å². The van der Waals surface area contributed by atoms with Gasteiger partial charge in [-0.15, -0.1) is 0 Å². The van der Waals surface area contributed by atoms with E-state index in [-0.39, 0.29) is 23.6 Å². The number of aliphatic hydroxyl groups is 1. The van der Waals surface area contributed by atoms with Gasteiger partial charge in [-0.2, -0.15) is 8.78 Å². The Bertz CT molecular complexity index is 549. The Morgan fingerprint density at radius 2 is 2.15 bits per heavy atom. The minimum absolute atomic E-state index is 0.0407. The molecule has 3 unspecified atom stereocenters. The normalized spacial score (nSPS) is 28.6. The van der Waals surface area contributed by atoms with Crippen molar-refractivity contribution in [3.05, 3.63) is 29.3 Å². The second kappa shape index (κ2) is 4.70. The third-order valence-electron chi connectivity index (χ3n) is 4.23. The highest BCUT2D eigenvalue weighted by Gasteiger charge is 2.44. The Hall–Kier alpha value is -1.69. The lowest BCUT2D eigenvalue weighted by Crippen LogP contribution is -2.41. The predicted octanol–water partition coefficient (Wildman–Crippen LogP) is 1.98. The zero-order chi connectivity index (χ0) is 14.4. The SMILES string of the molecule is CN1C(=O)c2cccc(OC(F)F)c2C2CC(O)C1C2. The summed E-state index contributed by atoms with van der Waals surface area (Å²) in [5.74, 6) is -0.348. The maximum atomic E-state index is 12.5. The van der Waals surface area contributed by atoms with Crippen molar-refractivity contribution < 1.29 is 23.4 Å². The van der Waals surface area contributed by atoms with Crippen molar-refractivity contribution >= 4 is 5.91 Å². The molecular weight excluding hydrogens is 268 g/mol. The van der Waals surface area contributed by atoms with Gasteiger partial charge in [-0.3, -0.25) is 4.79 Å². The molecule has 108 valence electrons. The molecule has 1 N–H and O–H groups in total. The monoisotopic (exact) mass is 283 g/mol. The highest BCUT2D eigenvalue weighted by atomic mass is 19.3. The number of halogens is 2. The lowest BCUT2D eigenvalue weighted by Gasteiger charge is -2.27. The van der Waals surface area contributed by atoms with E-state index < -0.39 is 12.7 Å². The third-order valence-corrected chi connectivity index (χ3v) is 4.23. The second-order valence-corrected chi connectivity index (χ2v) is 5.31. The van der Waals surface area contributed by atoms with Gasteiger partial charge in [-0.25, -0.2) is 0 Å². The quantitative estimate of drug-likeness (QED) is 0.903. The van der Waals surface area contributed by atoms with Gasteiger partial charge in [-0.05, 0) is 30.9 Å². The van der Waals surface area contributed by atoms with Crippen LogP contribution in [0.5, 0.6) is 5.75 Å². The molecule has 0 radical (unpaired) electrons. The van der Waals surface area contributed by atoms with Gasteiger partial charge in [0.2, 0.25) is 0 Å². The smallest absolute Gasteiger partial charge is 0.387 e. The van der Waals surface area contributed by atoms with Crippen molar-refractivity contribution in [3.8, 4) is 5.75 Å². The van der Waals surface area contributed by atoms with Gasteiger partial charge >= 0.3 is 6.61 Å². The number of carbonyl (C=O) groups excluding carboxylic acids is 1. The van der Waals surface area contributed by atoms with E-state index in [2.05, 4.69) is 4.74 Å². The van der Waals surface area contributed by atoms with Crippen LogP contribution in [0.3, 0.4) is 0 Å². The molecule has 20 heavy (non-hydrogen) atoms. The van der Waals surface area contributed by atoms with Gasteiger partial charge in [0.25, 0.3) is 5.91 Å². The Morgan fingerprint density at radius 3 is 2.85 bits per heavy atom. The molecule has 1 aliphatic heterocycles. The van der Waals surface area contributed by atoms with Crippen LogP contribution in [0, 0.1) is 0 Å². The maximum Gasteiger partial charge on any atom is 0.387 e. The zero-order valence-corrected chi connectivity index (χ0v) is 10.9. The van der Waals surface area contributed by atoms with Crippen LogP contribution in [0.1, 0.15) is 34.7 Å². The first-order valence-corrected chi connectivity index (χ1v) is 6.52. The molecule has 0 aromatic heterocycles. The number of hydrogen-bond donors (Lipinski definition) is 1. The summed E-state index contributed by atoms with van der Waals surface area (Å²) in [6, 6.07) is 4.35. The number of likely N-dealkylation sites (N-methyl/N-ethyl adjacent to an activating group) is 1. The van der Waals surface area contributed by atoms with Crippen molar-refractivity contribution in [1.82, 2.24) is 4.90 Å². The number of rotatable bonds is 2. The van der Waals surface area contributed by atoms with E-state index in [1.54, 1.807) is 13.1 Å². The van der Waals surface area contributed by atoms with Crippen LogP contribution in [0.4, 0.5) is 8.78 Å². The first kappa shape index (κ1) is 13.3. The summed E-state index contributed by atoms with van der Waals surface area (Å²) in [4.78, 5) is 13.9. The fourth-order valence-electron chi connectivity index (χ4n) is 3.34. The predicted molar refractivity (Wildman–Crippen MR) is 66.9 cm³/mol. The minimum atomic E-state index is -2.93. The standard InChI is InChI=1S/C14H15F2NO3/c1-17-9-5-7(6-10(9)18)12-8(13(17)19)3-2-4-11(12)20-14(15)16/h2-4,7,9-10,14,18H,5-6H2,1H3. The molecule has 1 aliphatic carbocycles. The molecule has 0 saturated heterocycles. The van der Waals surface area contributed by atoms with E-state index in [4.69, 9.17) is 0 Å². The van der Waals surface area contributed by atoms with Crippen molar-refractivity contribution in [2.45, 2.75) is 37.5 Å². The molecule has 1 fully saturated rings. The van der Waals surface area contributed by atoms with Crippen molar-refractivity contribution in [2.24, 2.45) is 0 Å². The van der Waals surface area contributed by atoms with Crippen molar-refractivity contribution in [2.75, 3.05) is 7.05 Å². The summed E-state index contributed by atoms with van der Waals surface area (Å²) in [7, 11) is 1.63. The molecule has 6 heteroatoms. The summed E-state index contributed by atoms with van der Waals surface area (Å²) in [6.07, 6.45) is 0.403. The molecular formula is C14H15F2NO3. The third kappa shape index (κ3) is 1.95. The highest BCUT2D eigenvalue weighted by Crippen LogP contribution is 2.45. The molecule has 1 heterocycles. The minimum Gasteiger partial charge on any atom is -0.435 e. The van der Waals surface area contributed by atoms with Crippen LogP contribution in [0.15, 0.2) is 18.2 Å². The van der Waals surface area contributed by atoms with Crippen LogP contribution >= 0.6 is 0 Å². The number of aliphatic hydroxyl groups excluding tert-OH is 1. The number of fused-ring (bicyclic) bond motifs is 4. The molecule has 0 spiro atoms. The van der Waals surface area contributed by atoms with Crippen LogP contribution in [-0.4, -0.2) is 41.7 Å². The van der Waals surface area contributed by atoms with Crippen LogP contribution in [0.2, 0.25) is 0 Å². The summed E-state index contributed by atoms with van der Waals surface area (Å²) in [5.41, 5.74) is 0.897. The molecule has 1 aromatic rings. The Kier molecular flexibility index (Phi) is 3.12. The van der Waals surface area contributed by atoms with Crippen molar-refractivity contribution in [3.63, 3.8) is 0 Å². The summed E-state index contributed by atoms with van der Waals surface area (Å²) in [6.45, 7) is -2.93. The maximum absolute atomic E-state index is 12.5. The molecule has 3 rings (SSSR count). The Morgan fingerprint density at radius 1 is 1.40 bits per heavy atom. The first-order valence-electron chi connectivity index (χ1n) is 6.52. The molecule has 1 saturated carbocycles. The van der Waals surface area contributed by atoms with Gasteiger partial charge in [0, 0.05) is 18.2 Å². The lowest BCUT2D eigenvalue weighted by molar-refractivity contribution is -0.0506. The number of carbonyl (C=O) groups is 1. The van der Waals surface area contributed by atoms with Gasteiger partial charge in [0.15, 0.2) is 0 Å². The second-order valence-electron chi connectivity index (χ2n) is 5.31.